The molecule has 1 atom stereocenters. The Morgan fingerprint density at radius 2 is 1.75 bits per heavy atom. The van der Waals surface area contributed by atoms with E-state index in [1.54, 1.807) is 0 Å². The van der Waals surface area contributed by atoms with Crippen molar-refractivity contribution in [1.82, 2.24) is 0 Å². The summed E-state index contributed by atoms with van der Waals surface area (Å²) in [5.41, 5.74) is 9.62. The molecule has 0 aliphatic heterocycles. The van der Waals surface area contributed by atoms with Crippen LogP contribution < -0.4 is 10.5 Å². The number of hydrogen-bond acceptors (Lipinski definition) is 2. The Balaban J connectivity index is 2.18. The zero-order chi connectivity index (χ0) is 14.5. The van der Waals surface area contributed by atoms with E-state index in [-0.39, 0.29) is 6.04 Å². The third-order valence-corrected chi connectivity index (χ3v) is 3.52. The summed E-state index contributed by atoms with van der Waals surface area (Å²) >= 11 is 0. The molecule has 0 saturated carbocycles. The fourth-order valence-electron chi connectivity index (χ4n) is 2.06. The molecular weight excluding hydrogens is 246 g/mol. The van der Waals surface area contributed by atoms with E-state index in [0.717, 1.165) is 29.9 Å². The highest BCUT2D eigenvalue weighted by Crippen LogP contribution is 2.26. The molecule has 0 amide bonds. The molecule has 2 aromatic carbocycles. The van der Waals surface area contributed by atoms with E-state index < -0.39 is 0 Å². The molecule has 0 aliphatic rings. The molecule has 0 aliphatic carbocycles. The van der Waals surface area contributed by atoms with Gasteiger partial charge in [-0.05, 0) is 56.0 Å². The summed E-state index contributed by atoms with van der Waals surface area (Å²) < 4.78 is 5.98. The van der Waals surface area contributed by atoms with Crippen LogP contribution in [0.25, 0.3) is 0 Å². The summed E-state index contributed by atoms with van der Waals surface area (Å²) in [5.74, 6) is 1.78. The molecule has 0 spiro atoms. The summed E-state index contributed by atoms with van der Waals surface area (Å²) in [6, 6.07) is 14.7. The van der Waals surface area contributed by atoms with Crippen molar-refractivity contribution >= 4 is 0 Å². The van der Waals surface area contributed by atoms with Crippen LogP contribution in [0.15, 0.2) is 42.5 Å². The summed E-state index contributed by atoms with van der Waals surface area (Å²) in [6.07, 6.45) is 1.88. The van der Waals surface area contributed by atoms with E-state index in [0.29, 0.717) is 0 Å². The number of benzene rings is 2. The van der Waals surface area contributed by atoms with Gasteiger partial charge in [0.2, 0.25) is 0 Å². The molecule has 0 aromatic heterocycles. The Labute approximate surface area is 121 Å². The first-order chi connectivity index (χ1) is 9.58. The number of hydrogen-bond donors (Lipinski definition) is 1. The van der Waals surface area contributed by atoms with Crippen LogP contribution in [0.3, 0.4) is 0 Å². The van der Waals surface area contributed by atoms with Crippen LogP contribution in [0.5, 0.6) is 11.5 Å². The van der Waals surface area contributed by atoms with Gasteiger partial charge >= 0.3 is 0 Å². The summed E-state index contributed by atoms with van der Waals surface area (Å²) in [4.78, 5) is 0. The minimum absolute atomic E-state index is 0.213. The number of ether oxygens (including phenoxy) is 1. The van der Waals surface area contributed by atoms with Crippen LogP contribution >= 0.6 is 0 Å². The van der Waals surface area contributed by atoms with Crippen molar-refractivity contribution in [1.29, 1.82) is 0 Å². The molecule has 0 saturated heterocycles. The molecule has 2 aromatic rings. The molecule has 20 heavy (non-hydrogen) atoms. The lowest BCUT2D eigenvalue weighted by atomic mass is 10.0. The molecule has 2 heteroatoms. The fourth-order valence-corrected chi connectivity index (χ4v) is 2.06. The minimum atomic E-state index is 0.213. The maximum atomic E-state index is 6.02. The van der Waals surface area contributed by atoms with Gasteiger partial charge < -0.3 is 10.5 Å². The zero-order valence-corrected chi connectivity index (χ0v) is 12.5. The lowest BCUT2D eigenvalue weighted by Crippen LogP contribution is -2.21. The quantitative estimate of drug-likeness (QED) is 0.874. The maximum absolute atomic E-state index is 6.02. The number of rotatable bonds is 5. The van der Waals surface area contributed by atoms with E-state index in [1.807, 2.05) is 12.1 Å². The van der Waals surface area contributed by atoms with Crippen molar-refractivity contribution in [3.63, 3.8) is 0 Å². The lowest BCUT2D eigenvalue weighted by Gasteiger charge is -2.13. The Morgan fingerprint density at radius 1 is 1.05 bits per heavy atom. The smallest absolute Gasteiger partial charge is 0.130 e. The SMILES string of the molecule is CCC(N)Cc1ccc(C)c(Oc2ccc(C)cc2)c1. The predicted octanol–water partition coefficient (Wildman–Crippen LogP) is 4.38. The minimum Gasteiger partial charge on any atom is -0.457 e. The Bertz CT molecular complexity index is 560. The van der Waals surface area contributed by atoms with Gasteiger partial charge in [0.1, 0.15) is 11.5 Å². The topological polar surface area (TPSA) is 35.2 Å². The molecule has 106 valence electrons. The molecule has 0 radical (unpaired) electrons. The van der Waals surface area contributed by atoms with E-state index in [1.165, 1.54) is 11.1 Å². The second-order valence-corrected chi connectivity index (χ2v) is 5.39. The van der Waals surface area contributed by atoms with Crippen molar-refractivity contribution in [2.24, 2.45) is 5.73 Å². The highest BCUT2D eigenvalue weighted by molar-refractivity contribution is 5.40. The average Bonchev–Trinajstić information content (AvgIpc) is 2.45. The Morgan fingerprint density at radius 3 is 2.40 bits per heavy atom. The van der Waals surface area contributed by atoms with Crippen LogP contribution in [0.1, 0.15) is 30.0 Å². The molecule has 0 heterocycles. The maximum Gasteiger partial charge on any atom is 0.130 e. The molecular formula is C18H23NO. The summed E-state index contributed by atoms with van der Waals surface area (Å²) in [7, 11) is 0. The largest absolute Gasteiger partial charge is 0.457 e. The third kappa shape index (κ3) is 3.84. The van der Waals surface area contributed by atoms with Crippen LogP contribution in [0.4, 0.5) is 0 Å². The first-order valence-corrected chi connectivity index (χ1v) is 7.18. The molecule has 2 rings (SSSR count). The van der Waals surface area contributed by atoms with Crippen LogP contribution in [0.2, 0.25) is 0 Å². The molecule has 0 fully saturated rings. The van der Waals surface area contributed by atoms with Gasteiger partial charge in [-0.3, -0.25) is 0 Å². The van der Waals surface area contributed by atoms with Gasteiger partial charge in [-0.25, -0.2) is 0 Å². The predicted molar refractivity (Wildman–Crippen MR) is 84.4 cm³/mol. The number of nitrogens with two attached hydrogens (primary N) is 1. The average molecular weight is 269 g/mol. The highest BCUT2D eigenvalue weighted by Gasteiger charge is 2.06. The normalized spacial score (nSPS) is 12.2. The monoisotopic (exact) mass is 269 g/mol. The zero-order valence-electron chi connectivity index (χ0n) is 12.5. The molecule has 2 N–H and O–H groups in total. The first kappa shape index (κ1) is 14.6. The third-order valence-electron chi connectivity index (χ3n) is 3.52. The van der Waals surface area contributed by atoms with Crippen molar-refractivity contribution in [2.75, 3.05) is 0 Å². The van der Waals surface area contributed by atoms with Crippen molar-refractivity contribution < 1.29 is 4.74 Å². The van der Waals surface area contributed by atoms with Crippen LogP contribution in [-0.2, 0) is 6.42 Å². The molecule has 0 bridgehead atoms. The molecule has 2 nitrogen and oxygen atoms in total. The van der Waals surface area contributed by atoms with Crippen molar-refractivity contribution in [2.45, 2.75) is 39.7 Å². The second-order valence-electron chi connectivity index (χ2n) is 5.39. The van der Waals surface area contributed by atoms with Crippen molar-refractivity contribution in [3.8, 4) is 11.5 Å². The van der Waals surface area contributed by atoms with Gasteiger partial charge in [-0.2, -0.15) is 0 Å². The van der Waals surface area contributed by atoms with Gasteiger partial charge in [0.05, 0.1) is 0 Å². The summed E-state index contributed by atoms with van der Waals surface area (Å²) in [5, 5.41) is 0. The second kappa shape index (κ2) is 6.58. The summed E-state index contributed by atoms with van der Waals surface area (Å²) in [6.45, 7) is 6.25. The van der Waals surface area contributed by atoms with E-state index in [2.05, 4.69) is 51.1 Å². The standard InChI is InChI=1S/C18H23NO/c1-4-16(19)11-15-8-7-14(3)18(12-15)20-17-9-5-13(2)6-10-17/h5-10,12,16H,4,11,19H2,1-3H3. The Kier molecular flexibility index (Phi) is 4.80. The van der Waals surface area contributed by atoms with Crippen LogP contribution in [0, 0.1) is 13.8 Å². The van der Waals surface area contributed by atoms with E-state index in [9.17, 15) is 0 Å². The van der Waals surface area contributed by atoms with Gasteiger partial charge in [0, 0.05) is 6.04 Å². The van der Waals surface area contributed by atoms with Gasteiger partial charge in [0.15, 0.2) is 0 Å². The van der Waals surface area contributed by atoms with Crippen LogP contribution in [-0.4, -0.2) is 6.04 Å². The van der Waals surface area contributed by atoms with E-state index >= 15 is 0 Å². The Hall–Kier alpha value is -1.80. The highest BCUT2D eigenvalue weighted by atomic mass is 16.5. The van der Waals surface area contributed by atoms with Crippen molar-refractivity contribution in [3.05, 3.63) is 59.2 Å². The van der Waals surface area contributed by atoms with Gasteiger partial charge in [-0.1, -0.05) is 36.8 Å². The van der Waals surface area contributed by atoms with Gasteiger partial charge in [-0.15, -0.1) is 0 Å². The van der Waals surface area contributed by atoms with Gasteiger partial charge in [0.25, 0.3) is 0 Å². The molecule has 1 unspecified atom stereocenters. The van der Waals surface area contributed by atoms with E-state index in [4.69, 9.17) is 10.5 Å². The lowest BCUT2D eigenvalue weighted by molar-refractivity contribution is 0.477. The first-order valence-electron chi connectivity index (χ1n) is 7.18. The fraction of sp³-hybridized carbons (Fsp3) is 0.333. The number of aryl methyl sites for hydroxylation is 2.